The molecule has 2 heterocycles. The third kappa shape index (κ3) is 1.24. The van der Waals surface area contributed by atoms with Gasteiger partial charge in [0.05, 0.1) is 0 Å². The number of hydrogen-bond acceptors (Lipinski definition) is 3. The minimum atomic E-state index is 0.942. The van der Waals surface area contributed by atoms with Gasteiger partial charge in [-0.2, -0.15) is 5.10 Å². The molecule has 0 spiro atoms. The SMILES string of the molecule is CCN(C)c1ncnn2cccc12. The molecular formula is C9H12N4. The number of anilines is 1. The first kappa shape index (κ1) is 8.04. The highest BCUT2D eigenvalue weighted by atomic mass is 15.3. The van der Waals surface area contributed by atoms with Crippen LogP contribution in [0.5, 0.6) is 0 Å². The highest BCUT2D eigenvalue weighted by Crippen LogP contribution is 2.15. The summed E-state index contributed by atoms with van der Waals surface area (Å²) in [4.78, 5) is 6.34. The van der Waals surface area contributed by atoms with Gasteiger partial charge in [-0.25, -0.2) is 9.50 Å². The average Bonchev–Trinajstić information content (AvgIpc) is 2.63. The van der Waals surface area contributed by atoms with Crippen molar-refractivity contribution in [1.29, 1.82) is 0 Å². The quantitative estimate of drug-likeness (QED) is 0.689. The predicted octanol–water partition coefficient (Wildman–Crippen LogP) is 1.19. The molecule has 0 saturated heterocycles. The van der Waals surface area contributed by atoms with Crippen LogP contribution in [0.2, 0.25) is 0 Å². The molecule has 13 heavy (non-hydrogen) atoms. The lowest BCUT2D eigenvalue weighted by molar-refractivity contribution is 0.866. The van der Waals surface area contributed by atoms with Gasteiger partial charge in [0.25, 0.3) is 0 Å². The second-order valence-electron chi connectivity index (χ2n) is 2.94. The maximum atomic E-state index is 4.24. The van der Waals surface area contributed by atoms with E-state index < -0.39 is 0 Å². The van der Waals surface area contributed by atoms with Crippen LogP contribution in [-0.2, 0) is 0 Å². The van der Waals surface area contributed by atoms with Crippen LogP contribution in [0.4, 0.5) is 5.82 Å². The second-order valence-corrected chi connectivity index (χ2v) is 2.94. The fraction of sp³-hybridized carbons (Fsp3) is 0.333. The number of aromatic nitrogens is 3. The van der Waals surface area contributed by atoms with Gasteiger partial charge < -0.3 is 4.90 Å². The monoisotopic (exact) mass is 176 g/mol. The predicted molar refractivity (Wildman–Crippen MR) is 51.9 cm³/mol. The van der Waals surface area contributed by atoms with Crippen molar-refractivity contribution < 1.29 is 0 Å². The van der Waals surface area contributed by atoms with E-state index in [4.69, 9.17) is 0 Å². The lowest BCUT2D eigenvalue weighted by atomic mass is 10.4. The molecule has 0 radical (unpaired) electrons. The van der Waals surface area contributed by atoms with Crippen molar-refractivity contribution in [3.8, 4) is 0 Å². The summed E-state index contributed by atoms with van der Waals surface area (Å²) in [5, 5.41) is 4.10. The molecule has 0 aliphatic carbocycles. The molecule has 68 valence electrons. The second kappa shape index (κ2) is 3.05. The van der Waals surface area contributed by atoms with Gasteiger partial charge in [0.1, 0.15) is 11.8 Å². The first-order valence-electron chi connectivity index (χ1n) is 4.32. The van der Waals surface area contributed by atoms with Crippen molar-refractivity contribution in [2.75, 3.05) is 18.5 Å². The van der Waals surface area contributed by atoms with Crippen molar-refractivity contribution in [3.63, 3.8) is 0 Å². The van der Waals surface area contributed by atoms with Crippen LogP contribution < -0.4 is 4.90 Å². The summed E-state index contributed by atoms with van der Waals surface area (Å²) < 4.78 is 1.83. The first-order chi connectivity index (χ1) is 6.33. The zero-order valence-electron chi connectivity index (χ0n) is 7.81. The molecule has 2 aromatic heterocycles. The molecule has 2 aromatic rings. The molecule has 0 N–H and O–H groups in total. The molecule has 0 aromatic carbocycles. The molecule has 0 fully saturated rings. The Bertz CT molecular complexity index is 407. The molecule has 4 nitrogen and oxygen atoms in total. The fourth-order valence-corrected chi connectivity index (χ4v) is 1.30. The van der Waals surface area contributed by atoms with E-state index in [2.05, 4.69) is 21.9 Å². The highest BCUT2D eigenvalue weighted by Gasteiger charge is 2.05. The van der Waals surface area contributed by atoms with Crippen LogP contribution in [0, 0.1) is 0 Å². The minimum Gasteiger partial charge on any atom is -0.358 e. The van der Waals surface area contributed by atoms with E-state index >= 15 is 0 Å². The smallest absolute Gasteiger partial charge is 0.156 e. The molecule has 0 saturated carbocycles. The van der Waals surface area contributed by atoms with Crippen molar-refractivity contribution in [2.45, 2.75) is 6.92 Å². The van der Waals surface area contributed by atoms with Crippen LogP contribution >= 0.6 is 0 Å². The Hall–Kier alpha value is -1.58. The van der Waals surface area contributed by atoms with Gasteiger partial charge in [-0.3, -0.25) is 0 Å². The van der Waals surface area contributed by atoms with E-state index in [0.29, 0.717) is 0 Å². The standard InChI is InChI=1S/C9H12N4/c1-3-12(2)9-8-5-4-6-13(8)11-7-10-9/h4-7H,3H2,1-2H3. The van der Waals surface area contributed by atoms with Crippen LogP contribution in [0.1, 0.15) is 6.92 Å². The lowest BCUT2D eigenvalue weighted by Crippen LogP contribution is -2.18. The van der Waals surface area contributed by atoms with Gasteiger partial charge in [-0.1, -0.05) is 0 Å². The lowest BCUT2D eigenvalue weighted by Gasteiger charge is -2.15. The topological polar surface area (TPSA) is 33.4 Å². The summed E-state index contributed by atoms with van der Waals surface area (Å²) in [6.07, 6.45) is 3.50. The normalized spacial score (nSPS) is 10.6. The van der Waals surface area contributed by atoms with E-state index in [0.717, 1.165) is 17.9 Å². The third-order valence-corrected chi connectivity index (χ3v) is 2.15. The van der Waals surface area contributed by atoms with Crippen molar-refractivity contribution in [1.82, 2.24) is 14.6 Å². The third-order valence-electron chi connectivity index (χ3n) is 2.15. The molecule has 0 aliphatic heterocycles. The maximum absolute atomic E-state index is 4.24. The van der Waals surface area contributed by atoms with E-state index in [1.807, 2.05) is 29.9 Å². The molecule has 0 amide bonds. The zero-order chi connectivity index (χ0) is 9.26. The van der Waals surface area contributed by atoms with Crippen LogP contribution in [0.25, 0.3) is 5.52 Å². The zero-order valence-corrected chi connectivity index (χ0v) is 7.81. The van der Waals surface area contributed by atoms with Gasteiger partial charge in [-0.15, -0.1) is 0 Å². The Labute approximate surface area is 76.8 Å². The van der Waals surface area contributed by atoms with Crippen LogP contribution in [0.15, 0.2) is 24.7 Å². The Morgan fingerprint density at radius 1 is 1.54 bits per heavy atom. The summed E-state index contributed by atoms with van der Waals surface area (Å²) >= 11 is 0. The van der Waals surface area contributed by atoms with Gasteiger partial charge in [0.15, 0.2) is 5.82 Å². The molecule has 0 unspecified atom stereocenters. The Morgan fingerprint density at radius 2 is 2.38 bits per heavy atom. The van der Waals surface area contributed by atoms with Gasteiger partial charge >= 0.3 is 0 Å². The van der Waals surface area contributed by atoms with Gasteiger partial charge in [0, 0.05) is 19.8 Å². The summed E-state index contributed by atoms with van der Waals surface area (Å²) in [7, 11) is 2.02. The average molecular weight is 176 g/mol. The summed E-state index contributed by atoms with van der Waals surface area (Å²) in [5.74, 6) is 0.975. The molecule has 2 rings (SSSR count). The van der Waals surface area contributed by atoms with Crippen molar-refractivity contribution in [3.05, 3.63) is 24.7 Å². The van der Waals surface area contributed by atoms with Crippen LogP contribution in [0.3, 0.4) is 0 Å². The van der Waals surface area contributed by atoms with E-state index in [1.165, 1.54) is 0 Å². The number of fused-ring (bicyclic) bond motifs is 1. The van der Waals surface area contributed by atoms with Crippen molar-refractivity contribution in [2.24, 2.45) is 0 Å². The van der Waals surface area contributed by atoms with E-state index in [9.17, 15) is 0 Å². The molecule has 4 heteroatoms. The van der Waals surface area contributed by atoms with E-state index in [1.54, 1.807) is 6.33 Å². The van der Waals surface area contributed by atoms with Gasteiger partial charge in [0.2, 0.25) is 0 Å². The Morgan fingerprint density at radius 3 is 3.15 bits per heavy atom. The maximum Gasteiger partial charge on any atom is 0.156 e. The minimum absolute atomic E-state index is 0.942. The number of hydrogen-bond donors (Lipinski definition) is 0. The summed E-state index contributed by atoms with van der Waals surface area (Å²) in [6.45, 7) is 3.04. The van der Waals surface area contributed by atoms with Crippen molar-refractivity contribution >= 4 is 11.3 Å². The molecule has 0 aliphatic rings. The summed E-state index contributed by atoms with van der Waals surface area (Å²) in [5.41, 5.74) is 1.05. The number of rotatable bonds is 2. The fourth-order valence-electron chi connectivity index (χ4n) is 1.30. The highest BCUT2D eigenvalue weighted by molar-refractivity contribution is 5.67. The largest absolute Gasteiger partial charge is 0.358 e. The molecule has 0 atom stereocenters. The Balaban J connectivity index is 2.60. The number of nitrogens with zero attached hydrogens (tertiary/aromatic N) is 4. The van der Waals surface area contributed by atoms with E-state index in [-0.39, 0.29) is 0 Å². The van der Waals surface area contributed by atoms with Crippen LogP contribution in [-0.4, -0.2) is 28.2 Å². The first-order valence-corrected chi connectivity index (χ1v) is 4.32. The Kier molecular flexibility index (Phi) is 1.88. The summed E-state index contributed by atoms with van der Waals surface area (Å²) in [6, 6.07) is 3.98. The van der Waals surface area contributed by atoms with Gasteiger partial charge in [-0.05, 0) is 19.1 Å². The molecular weight excluding hydrogens is 164 g/mol. The molecule has 0 bridgehead atoms.